The molecule has 9 heteroatoms. The van der Waals surface area contributed by atoms with Crippen LogP contribution in [0.15, 0.2) is 33.7 Å². The lowest BCUT2D eigenvalue weighted by atomic mass is 10.1. The molecule has 2 heterocycles. The maximum Gasteiger partial charge on any atom is 0.250 e. The SMILES string of the molecule is COc1ccccc1OC1CCCN(S(=O)(=O)c2c(N)noc2C)C1. The normalized spacial score (nSPS) is 18.9. The third-order valence-corrected chi connectivity index (χ3v) is 6.16. The Bertz CT molecular complexity index is 830. The molecule has 0 spiro atoms. The summed E-state index contributed by atoms with van der Waals surface area (Å²) in [7, 11) is -2.21. The van der Waals surface area contributed by atoms with Gasteiger partial charge in [-0.25, -0.2) is 8.42 Å². The summed E-state index contributed by atoms with van der Waals surface area (Å²) in [5.41, 5.74) is 5.67. The van der Waals surface area contributed by atoms with Gasteiger partial charge in [0, 0.05) is 6.54 Å². The number of nitrogen functional groups attached to an aromatic ring is 1. The summed E-state index contributed by atoms with van der Waals surface area (Å²) < 4.78 is 43.3. The Hall–Kier alpha value is -2.26. The molecule has 1 aliphatic rings. The van der Waals surface area contributed by atoms with Crippen LogP contribution in [-0.4, -0.2) is 44.2 Å². The van der Waals surface area contributed by atoms with Gasteiger partial charge in [0.2, 0.25) is 10.0 Å². The number of piperidine rings is 1. The van der Waals surface area contributed by atoms with Gasteiger partial charge < -0.3 is 19.7 Å². The molecule has 25 heavy (non-hydrogen) atoms. The first kappa shape index (κ1) is 17.6. The number of rotatable bonds is 5. The molecule has 1 aromatic carbocycles. The van der Waals surface area contributed by atoms with Crippen molar-refractivity contribution < 1.29 is 22.4 Å². The minimum atomic E-state index is -3.78. The second kappa shape index (κ2) is 6.93. The van der Waals surface area contributed by atoms with Crippen LogP contribution in [-0.2, 0) is 10.0 Å². The summed E-state index contributed by atoms with van der Waals surface area (Å²) in [6, 6.07) is 7.29. The molecule has 1 fully saturated rings. The Balaban J connectivity index is 1.79. The van der Waals surface area contributed by atoms with Crippen LogP contribution in [0.4, 0.5) is 5.82 Å². The lowest BCUT2D eigenvalue weighted by Gasteiger charge is -2.32. The summed E-state index contributed by atoms with van der Waals surface area (Å²) >= 11 is 0. The number of para-hydroxylation sites is 2. The van der Waals surface area contributed by atoms with Crippen molar-refractivity contribution in [2.75, 3.05) is 25.9 Å². The molecule has 0 aliphatic carbocycles. The van der Waals surface area contributed by atoms with E-state index < -0.39 is 10.0 Å². The fourth-order valence-corrected chi connectivity index (χ4v) is 4.63. The predicted molar refractivity (Wildman–Crippen MR) is 91.1 cm³/mol. The third-order valence-electron chi connectivity index (χ3n) is 4.13. The molecule has 0 radical (unpaired) electrons. The molecule has 3 rings (SSSR count). The van der Waals surface area contributed by atoms with Crippen LogP contribution in [0.25, 0.3) is 0 Å². The highest BCUT2D eigenvalue weighted by Crippen LogP contribution is 2.31. The molecule has 8 nitrogen and oxygen atoms in total. The fraction of sp³-hybridized carbons (Fsp3) is 0.438. The molecule has 136 valence electrons. The van der Waals surface area contributed by atoms with Crippen LogP contribution in [0.2, 0.25) is 0 Å². The third kappa shape index (κ3) is 3.42. The Kier molecular flexibility index (Phi) is 4.87. The van der Waals surface area contributed by atoms with E-state index in [1.807, 2.05) is 12.1 Å². The number of aromatic nitrogens is 1. The summed E-state index contributed by atoms with van der Waals surface area (Å²) in [5, 5.41) is 3.54. The molecule has 1 saturated heterocycles. The van der Waals surface area contributed by atoms with Crippen LogP contribution in [0, 0.1) is 6.92 Å². The van der Waals surface area contributed by atoms with Crippen molar-refractivity contribution in [3.8, 4) is 11.5 Å². The van der Waals surface area contributed by atoms with Crippen LogP contribution in [0.3, 0.4) is 0 Å². The monoisotopic (exact) mass is 367 g/mol. The molecule has 0 amide bonds. The fourth-order valence-electron chi connectivity index (χ4n) is 2.94. The molecule has 1 unspecified atom stereocenters. The van der Waals surface area contributed by atoms with Crippen molar-refractivity contribution in [2.45, 2.75) is 30.8 Å². The maximum atomic E-state index is 12.9. The minimum Gasteiger partial charge on any atom is -0.493 e. The van der Waals surface area contributed by atoms with Gasteiger partial charge in [-0.05, 0) is 31.9 Å². The standard InChI is InChI=1S/C16H21N3O5S/c1-11-15(16(17)18-24-11)25(20,21)19-9-5-6-12(10-19)23-14-8-4-3-7-13(14)22-2/h3-4,7-8,12H,5-6,9-10H2,1-2H3,(H2,17,18). The number of methoxy groups -OCH3 is 1. The molecule has 2 N–H and O–H groups in total. The number of hydrogen-bond acceptors (Lipinski definition) is 7. The molecule has 1 atom stereocenters. The number of benzene rings is 1. The van der Waals surface area contributed by atoms with E-state index in [1.54, 1.807) is 19.2 Å². The molecule has 2 aromatic rings. The smallest absolute Gasteiger partial charge is 0.250 e. The van der Waals surface area contributed by atoms with Crippen molar-refractivity contribution in [1.29, 1.82) is 0 Å². The van der Waals surface area contributed by atoms with E-state index in [0.717, 1.165) is 6.42 Å². The van der Waals surface area contributed by atoms with Gasteiger partial charge in [0.05, 0.1) is 13.7 Å². The summed E-state index contributed by atoms with van der Waals surface area (Å²) in [6.45, 7) is 2.16. The lowest BCUT2D eigenvalue weighted by Crippen LogP contribution is -2.44. The zero-order valence-corrected chi connectivity index (χ0v) is 15.0. The number of sulfonamides is 1. The first-order chi connectivity index (χ1) is 11.9. The largest absolute Gasteiger partial charge is 0.493 e. The van der Waals surface area contributed by atoms with Gasteiger partial charge in [-0.15, -0.1) is 0 Å². The second-order valence-electron chi connectivity index (χ2n) is 5.85. The van der Waals surface area contributed by atoms with E-state index in [2.05, 4.69) is 5.16 Å². The average Bonchev–Trinajstić information content (AvgIpc) is 2.95. The Morgan fingerprint density at radius 3 is 2.68 bits per heavy atom. The van der Waals surface area contributed by atoms with Gasteiger partial charge >= 0.3 is 0 Å². The number of nitrogens with two attached hydrogens (primary N) is 1. The van der Waals surface area contributed by atoms with Gasteiger partial charge in [0.1, 0.15) is 6.10 Å². The highest BCUT2D eigenvalue weighted by molar-refractivity contribution is 7.89. The minimum absolute atomic E-state index is 0.0644. The van der Waals surface area contributed by atoms with Crippen LogP contribution in [0.1, 0.15) is 18.6 Å². The van der Waals surface area contributed by atoms with Gasteiger partial charge in [-0.3, -0.25) is 0 Å². The van der Waals surface area contributed by atoms with Crippen molar-refractivity contribution in [3.05, 3.63) is 30.0 Å². The number of aryl methyl sites for hydroxylation is 1. The van der Waals surface area contributed by atoms with Gasteiger partial charge in [-0.2, -0.15) is 4.31 Å². The zero-order valence-electron chi connectivity index (χ0n) is 14.1. The highest BCUT2D eigenvalue weighted by atomic mass is 32.2. The number of hydrogen-bond donors (Lipinski definition) is 1. The van der Waals surface area contributed by atoms with E-state index in [-0.39, 0.29) is 29.1 Å². The molecule has 0 saturated carbocycles. The molecule has 1 aromatic heterocycles. The quantitative estimate of drug-likeness (QED) is 0.858. The first-order valence-electron chi connectivity index (χ1n) is 7.95. The van der Waals surface area contributed by atoms with Crippen LogP contribution in [0.5, 0.6) is 11.5 Å². The van der Waals surface area contributed by atoms with Crippen molar-refractivity contribution in [2.24, 2.45) is 0 Å². The van der Waals surface area contributed by atoms with Crippen molar-refractivity contribution >= 4 is 15.8 Å². The summed E-state index contributed by atoms with van der Waals surface area (Å²) in [4.78, 5) is -0.0644. The molecule has 0 bridgehead atoms. The Morgan fingerprint density at radius 2 is 2.04 bits per heavy atom. The number of nitrogens with zero attached hydrogens (tertiary/aromatic N) is 2. The lowest BCUT2D eigenvalue weighted by molar-refractivity contribution is 0.126. The van der Waals surface area contributed by atoms with Gasteiger partial charge in [0.15, 0.2) is 28.0 Å². The summed E-state index contributed by atoms with van der Waals surface area (Å²) in [6.07, 6.45) is 1.16. The van der Waals surface area contributed by atoms with E-state index in [9.17, 15) is 8.42 Å². The first-order valence-corrected chi connectivity index (χ1v) is 9.39. The van der Waals surface area contributed by atoms with Crippen LogP contribution >= 0.6 is 0 Å². The average molecular weight is 367 g/mol. The van der Waals surface area contributed by atoms with E-state index in [1.165, 1.54) is 11.2 Å². The van der Waals surface area contributed by atoms with Crippen LogP contribution < -0.4 is 15.2 Å². The molecule has 1 aliphatic heterocycles. The van der Waals surface area contributed by atoms with Crippen molar-refractivity contribution in [1.82, 2.24) is 9.46 Å². The van der Waals surface area contributed by atoms with Gasteiger partial charge in [-0.1, -0.05) is 17.3 Å². The number of ether oxygens (including phenoxy) is 2. The van der Waals surface area contributed by atoms with Crippen molar-refractivity contribution in [3.63, 3.8) is 0 Å². The Morgan fingerprint density at radius 1 is 1.32 bits per heavy atom. The number of anilines is 1. The predicted octanol–water partition coefficient (Wildman–Crippen LogP) is 1.81. The zero-order chi connectivity index (χ0) is 18.0. The van der Waals surface area contributed by atoms with Gasteiger partial charge in [0.25, 0.3) is 0 Å². The summed E-state index contributed by atoms with van der Waals surface area (Å²) in [5.74, 6) is 1.27. The second-order valence-corrected chi connectivity index (χ2v) is 7.72. The highest BCUT2D eigenvalue weighted by Gasteiger charge is 2.35. The molecular weight excluding hydrogens is 346 g/mol. The van der Waals surface area contributed by atoms with E-state index >= 15 is 0 Å². The van der Waals surface area contributed by atoms with E-state index in [4.69, 9.17) is 19.7 Å². The topological polar surface area (TPSA) is 108 Å². The molecular formula is C16H21N3O5S. The van der Waals surface area contributed by atoms with E-state index in [0.29, 0.717) is 24.5 Å². The Labute approximate surface area is 146 Å². The maximum absolute atomic E-state index is 12.9.